The molecule has 4 heavy (non-hydrogen) atoms. The van der Waals surface area contributed by atoms with Crippen molar-refractivity contribution in [3.05, 3.63) is 0 Å². The second kappa shape index (κ2) is 16.7. The molecule has 0 aliphatic carbocycles. The average Bonchev–Trinajstić information content (AvgIpc) is 0. The fraction of sp³-hybridized carbons (Fsp3) is 0. The van der Waals surface area contributed by atoms with Crippen molar-refractivity contribution in [1.82, 2.24) is 0 Å². The predicted molar refractivity (Wildman–Crippen MR) is 5.75 cm³/mol. The Balaban J connectivity index is 0. The molecule has 0 fully saturated rings. The minimum atomic E-state index is 0. The van der Waals surface area contributed by atoms with Crippen LogP contribution in [0.3, 0.4) is 0 Å². The summed E-state index contributed by atoms with van der Waals surface area (Å²) in [5, 5.41) is 0. The minimum Gasteiger partial charge on any atom is 0 e. The number of hydrogen-bond acceptors (Lipinski definition) is 0. The SMILES string of the molecule is [Cd].[Ni].[Pb].[Zn]. The van der Waals surface area contributed by atoms with E-state index in [9.17, 15) is 0 Å². The van der Waals surface area contributed by atoms with E-state index in [0.717, 1.165) is 0 Å². The largest absolute Gasteiger partial charge is 0 e. The van der Waals surface area contributed by atoms with Gasteiger partial charge in [-0.25, -0.2) is 0 Å². The molecule has 0 aliphatic heterocycles. The molecule has 4 heteroatoms. The molecule has 0 heterocycles. The first-order valence-electron chi connectivity index (χ1n) is 0. The molecule has 0 amide bonds. The standard InChI is InChI=1S/Cd.Ni.Pb.Zn. The van der Waals surface area contributed by atoms with E-state index in [2.05, 4.69) is 0 Å². The molecule has 0 saturated heterocycles. The zero-order valence-electron chi connectivity index (χ0n) is 2.23. The molecule has 0 bridgehead atoms. The van der Waals surface area contributed by atoms with Crippen molar-refractivity contribution in [1.29, 1.82) is 0 Å². The van der Waals surface area contributed by atoms with E-state index in [1.54, 1.807) is 0 Å². The van der Waals surface area contributed by atoms with E-state index in [4.69, 9.17) is 0 Å². The van der Waals surface area contributed by atoms with Crippen LogP contribution in [0.2, 0.25) is 0 Å². The molecule has 0 nitrogen and oxygen atoms in total. The summed E-state index contributed by atoms with van der Waals surface area (Å²) in [5.74, 6) is 0. The Hall–Kier alpha value is 2.96. The van der Waals surface area contributed by atoms with Gasteiger partial charge < -0.3 is 0 Å². The maximum atomic E-state index is 0. The molecule has 4 radical (unpaired) electrons. The van der Waals surface area contributed by atoms with Crippen molar-refractivity contribution in [3.8, 4) is 0 Å². The van der Waals surface area contributed by atoms with Crippen LogP contribution in [0.15, 0.2) is 0 Å². The molecule has 0 unspecified atom stereocenters. The Morgan fingerprint density at radius 3 is 1.00 bits per heavy atom. The van der Waals surface area contributed by atoms with E-state index in [0.29, 0.717) is 0 Å². The smallest absolute Gasteiger partial charge is 0 e. The van der Waals surface area contributed by atoms with Crippen molar-refractivity contribution in [2.75, 3.05) is 0 Å². The molecule has 0 aliphatic rings. The van der Waals surface area contributed by atoms with E-state index in [-0.39, 0.29) is 90.6 Å². The first-order valence-corrected chi connectivity index (χ1v) is 0. The van der Waals surface area contributed by atoms with Crippen molar-refractivity contribution in [3.63, 3.8) is 0 Å². The van der Waals surface area contributed by atoms with Gasteiger partial charge in [-0.15, -0.1) is 0 Å². The normalized spacial score (nSPS) is 0. The van der Waals surface area contributed by atoms with Crippen LogP contribution in [0.4, 0.5) is 0 Å². The van der Waals surface area contributed by atoms with Crippen LogP contribution in [-0.4, -0.2) is 27.3 Å². The van der Waals surface area contributed by atoms with Gasteiger partial charge in [0.2, 0.25) is 0 Å². The summed E-state index contributed by atoms with van der Waals surface area (Å²) in [6, 6.07) is 0. The zero-order chi connectivity index (χ0) is 0. The molecular weight excluding hydrogens is 444 g/mol. The van der Waals surface area contributed by atoms with Gasteiger partial charge in [0.15, 0.2) is 0 Å². The Morgan fingerprint density at radius 1 is 1.00 bits per heavy atom. The topological polar surface area (TPSA) is 0 Å². The number of hydrogen-bond donors (Lipinski definition) is 0. The van der Waals surface area contributed by atoms with Gasteiger partial charge in [-0.3, -0.25) is 0 Å². The van der Waals surface area contributed by atoms with Crippen molar-refractivity contribution in [2.45, 2.75) is 0 Å². The summed E-state index contributed by atoms with van der Waals surface area (Å²) < 4.78 is 0. The molecular formula is CdNiPbZn. The Labute approximate surface area is 88.9 Å². The fourth-order valence-electron chi connectivity index (χ4n) is 0. The van der Waals surface area contributed by atoms with Crippen LogP contribution in [0.5, 0.6) is 0 Å². The quantitative estimate of drug-likeness (QED) is 0.448. The summed E-state index contributed by atoms with van der Waals surface area (Å²) >= 11 is 0. The third kappa shape index (κ3) is 8.88. The van der Waals surface area contributed by atoms with Gasteiger partial charge in [-0.1, -0.05) is 0 Å². The average molecular weight is 444 g/mol. The molecule has 0 spiro atoms. The first kappa shape index (κ1) is 28.2. The molecule has 0 saturated carbocycles. The van der Waals surface area contributed by atoms with Crippen molar-refractivity contribution in [2.24, 2.45) is 0 Å². The van der Waals surface area contributed by atoms with Gasteiger partial charge in [0.1, 0.15) is 0 Å². The van der Waals surface area contributed by atoms with Crippen LogP contribution >= 0.6 is 0 Å². The van der Waals surface area contributed by atoms with Crippen molar-refractivity contribution < 1.29 is 63.3 Å². The van der Waals surface area contributed by atoms with Crippen LogP contribution in [0.25, 0.3) is 0 Å². The van der Waals surface area contributed by atoms with Crippen LogP contribution < -0.4 is 0 Å². The van der Waals surface area contributed by atoms with Gasteiger partial charge in [0, 0.05) is 90.6 Å². The summed E-state index contributed by atoms with van der Waals surface area (Å²) in [4.78, 5) is 0. The summed E-state index contributed by atoms with van der Waals surface area (Å²) in [6.07, 6.45) is 0. The van der Waals surface area contributed by atoms with E-state index >= 15 is 0 Å². The second-order valence-electron chi connectivity index (χ2n) is 0. The van der Waals surface area contributed by atoms with E-state index < -0.39 is 0 Å². The minimum absolute atomic E-state index is 0. The van der Waals surface area contributed by atoms with Gasteiger partial charge in [0.05, 0.1) is 0 Å². The maximum absolute atomic E-state index is 0. The van der Waals surface area contributed by atoms with Gasteiger partial charge in [0.25, 0.3) is 0 Å². The van der Waals surface area contributed by atoms with E-state index in [1.807, 2.05) is 0 Å². The van der Waals surface area contributed by atoms with Gasteiger partial charge in [-0.05, 0) is 0 Å². The fourth-order valence-corrected chi connectivity index (χ4v) is 0. The Kier molecular flexibility index (Phi) is 118. The summed E-state index contributed by atoms with van der Waals surface area (Å²) in [7, 11) is 0. The number of rotatable bonds is 0. The summed E-state index contributed by atoms with van der Waals surface area (Å²) in [5.41, 5.74) is 0. The van der Waals surface area contributed by atoms with Gasteiger partial charge >= 0.3 is 0 Å². The van der Waals surface area contributed by atoms with E-state index in [1.165, 1.54) is 0 Å². The molecule has 0 N–H and O–H groups in total. The zero-order valence-corrected chi connectivity index (χ0v) is 14.1. The third-order valence-electron chi connectivity index (χ3n) is 0. The van der Waals surface area contributed by atoms with Gasteiger partial charge in [-0.2, -0.15) is 0 Å². The maximum Gasteiger partial charge on any atom is 0 e. The molecule has 0 aromatic carbocycles. The Bertz CT molecular complexity index is 8.00. The summed E-state index contributed by atoms with van der Waals surface area (Å²) in [6.45, 7) is 0. The molecule has 0 aromatic rings. The molecule has 0 atom stereocenters. The van der Waals surface area contributed by atoms with Crippen LogP contribution in [0, 0.1) is 0 Å². The van der Waals surface area contributed by atoms with Crippen LogP contribution in [0.1, 0.15) is 0 Å². The molecule has 18 valence electrons. The Morgan fingerprint density at radius 2 is 1.00 bits per heavy atom. The first-order chi connectivity index (χ1) is 0. The monoisotopic (exact) mass is 444 g/mol. The second-order valence-corrected chi connectivity index (χ2v) is 0. The van der Waals surface area contributed by atoms with Crippen LogP contribution in [-0.2, 0) is 63.3 Å². The predicted octanol–water partition coefficient (Wildman–Crippen LogP) is -0.388. The molecule has 0 rings (SSSR count). The molecule has 0 aromatic heterocycles. The van der Waals surface area contributed by atoms with Crippen molar-refractivity contribution >= 4 is 27.3 Å². The third-order valence-corrected chi connectivity index (χ3v) is 0.